The van der Waals surface area contributed by atoms with Gasteiger partial charge < -0.3 is 10.3 Å². The van der Waals surface area contributed by atoms with Crippen LogP contribution in [-0.4, -0.2) is 20.7 Å². The van der Waals surface area contributed by atoms with E-state index in [1.807, 2.05) is 26.0 Å². The molecule has 0 amide bonds. The number of hydrogen-bond donors (Lipinski definition) is 1. The van der Waals surface area contributed by atoms with Crippen molar-refractivity contribution in [3.05, 3.63) is 29.6 Å². The molecule has 0 aliphatic carbocycles. The van der Waals surface area contributed by atoms with Crippen molar-refractivity contribution in [1.82, 2.24) is 9.55 Å². The van der Waals surface area contributed by atoms with Crippen LogP contribution >= 0.6 is 12.2 Å². The molecule has 108 valence electrons. The first kappa shape index (κ1) is 14.8. The highest BCUT2D eigenvalue weighted by Gasteiger charge is 2.42. The molecule has 1 unspecified atom stereocenters. The van der Waals surface area contributed by atoms with Crippen LogP contribution < -0.4 is 5.73 Å². The molecule has 0 spiro atoms. The van der Waals surface area contributed by atoms with Gasteiger partial charge in [-0.3, -0.25) is 0 Å². The molecule has 0 aliphatic rings. The molecule has 20 heavy (non-hydrogen) atoms. The van der Waals surface area contributed by atoms with Gasteiger partial charge in [-0.2, -0.15) is 13.2 Å². The van der Waals surface area contributed by atoms with Crippen molar-refractivity contribution in [2.45, 2.75) is 26.6 Å². The molecule has 0 fully saturated rings. The first-order valence-corrected chi connectivity index (χ1v) is 6.39. The lowest BCUT2D eigenvalue weighted by Crippen LogP contribution is -2.37. The van der Waals surface area contributed by atoms with Gasteiger partial charge in [0.05, 0.1) is 22.3 Å². The van der Waals surface area contributed by atoms with E-state index < -0.39 is 17.1 Å². The highest BCUT2D eigenvalue weighted by Crippen LogP contribution is 2.29. The summed E-state index contributed by atoms with van der Waals surface area (Å²) in [7, 11) is 0. The van der Waals surface area contributed by atoms with E-state index in [4.69, 9.17) is 5.73 Å². The first-order valence-electron chi connectivity index (χ1n) is 5.98. The van der Waals surface area contributed by atoms with Crippen molar-refractivity contribution in [2.24, 2.45) is 11.7 Å². The van der Waals surface area contributed by atoms with Crippen molar-refractivity contribution in [2.75, 3.05) is 0 Å². The molecule has 1 heterocycles. The summed E-state index contributed by atoms with van der Waals surface area (Å²) in [6.07, 6.45) is -3.07. The lowest BCUT2D eigenvalue weighted by molar-refractivity contribution is -0.157. The SMILES string of the molecule is Cc1cc2ncn(CC(C(N)=S)C(F)(F)F)c2cc1C. The fraction of sp³-hybridized carbons (Fsp3) is 0.385. The minimum absolute atomic E-state index is 0.349. The van der Waals surface area contributed by atoms with Gasteiger partial charge in [0.25, 0.3) is 0 Å². The Morgan fingerprint density at radius 1 is 1.35 bits per heavy atom. The van der Waals surface area contributed by atoms with Crippen LogP contribution in [0.3, 0.4) is 0 Å². The first-order chi connectivity index (χ1) is 9.20. The number of nitrogens with zero attached hydrogens (tertiary/aromatic N) is 2. The number of thiocarbonyl (C=S) groups is 1. The quantitative estimate of drug-likeness (QED) is 0.886. The minimum atomic E-state index is -4.46. The van der Waals surface area contributed by atoms with E-state index in [1.54, 1.807) is 0 Å². The van der Waals surface area contributed by atoms with Gasteiger partial charge in [-0.25, -0.2) is 4.98 Å². The fourth-order valence-electron chi connectivity index (χ4n) is 2.01. The fourth-order valence-corrected chi connectivity index (χ4v) is 2.22. The van der Waals surface area contributed by atoms with Crippen LogP contribution in [0.15, 0.2) is 18.5 Å². The number of rotatable bonds is 3. The summed E-state index contributed by atoms with van der Waals surface area (Å²) >= 11 is 4.53. The van der Waals surface area contributed by atoms with Crippen molar-refractivity contribution in [3.8, 4) is 0 Å². The number of aryl methyl sites for hydroxylation is 2. The molecule has 1 aromatic carbocycles. The number of alkyl halides is 3. The Bertz CT molecular complexity index is 661. The van der Waals surface area contributed by atoms with E-state index in [1.165, 1.54) is 10.9 Å². The number of imidazole rings is 1. The molecule has 2 N–H and O–H groups in total. The summed E-state index contributed by atoms with van der Waals surface area (Å²) in [5.74, 6) is -1.85. The van der Waals surface area contributed by atoms with Crippen LogP contribution in [0.25, 0.3) is 11.0 Å². The maximum atomic E-state index is 12.9. The van der Waals surface area contributed by atoms with Crippen molar-refractivity contribution in [3.63, 3.8) is 0 Å². The van der Waals surface area contributed by atoms with Crippen LogP contribution in [0, 0.1) is 19.8 Å². The van der Waals surface area contributed by atoms with Crippen LogP contribution in [0.4, 0.5) is 13.2 Å². The predicted molar refractivity (Wildman–Crippen MR) is 75.5 cm³/mol. The zero-order valence-corrected chi connectivity index (χ0v) is 11.8. The highest BCUT2D eigenvalue weighted by atomic mass is 32.1. The third kappa shape index (κ3) is 2.77. The number of benzene rings is 1. The topological polar surface area (TPSA) is 43.8 Å². The molecule has 7 heteroatoms. The molecule has 0 saturated carbocycles. The van der Waals surface area contributed by atoms with Gasteiger partial charge in [0, 0.05) is 6.54 Å². The van der Waals surface area contributed by atoms with Crippen LogP contribution in [0.5, 0.6) is 0 Å². The number of nitrogens with two attached hydrogens (primary N) is 1. The molecule has 0 aliphatic heterocycles. The number of halogens is 3. The third-order valence-corrected chi connectivity index (χ3v) is 3.64. The Morgan fingerprint density at radius 3 is 2.50 bits per heavy atom. The van der Waals surface area contributed by atoms with E-state index in [9.17, 15) is 13.2 Å². The maximum absolute atomic E-state index is 12.9. The summed E-state index contributed by atoms with van der Waals surface area (Å²) in [6, 6.07) is 3.68. The average Bonchev–Trinajstić information content (AvgIpc) is 2.67. The highest BCUT2D eigenvalue weighted by molar-refractivity contribution is 7.80. The molecule has 1 aromatic heterocycles. The lowest BCUT2D eigenvalue weighted by Gasteiger charge is -2.19. The average molecular weight is 301 g/mol. The van der Waals surface area contributed by atoms with Crippen LogP contribution in [0.2, 0.25) is 0 Å². The third-order valence-electron chi connectivity index (χ3n) is 3.35. The zero-order chi connectivity index (χ0) is 15.1. The minimum Gasteiger partial charge on any atom is -0.393 e. The van der Waals surface area contributed by atoms with Crippen LogP contribution in [0.1, 0.15) is 11.1 Å². The summed E-state index contributed by atoms with van der Waals surface area (Å²) in [4.78, 5) is 3.57. The Balaban J connectivity index is 2.43. The van der Waals surface area contributed by atoms with Gasteiger partial charge in [0.15, 0.2) is 0 Å². The summed E-state index contributed by atoms with van der Waals surface area (Å²) in [5, 5.41) is 0. The smallest absolute Gasteiger partial charge is 0.393 e. The largest absolute Gasteiger partial charge is 0.399 e. The Hall–Kier alpha value is -1.63. The van der Waals surface area contributed by atoms with Crippen molar-refractivity contribution < 1.29 is 13.2 Å². The van der Waals surface area contributed by atoms with E-state index in [-0.39, 0.29) is 6.54 Å². The normalized spacial score (nSPS) is 13.7. The molecule has 2 rings (SSSR count). The van der Waals surface area contributed by atoms with Gasteiger partial charge in [-0.1, -0.05) is 12.2 Å². The molecule has 2 aromatic rings. The number of fused-ring (bicyclic) bond motifs is 1. The monoisotopic (exact) mass is 301 g/mol. The van der Waals surface area contributed by atoms with Crippen molar-refractivity contribution in [1.29, 1.82) is 0 Å². The van der Waals surface area contributed by atoms with Gasteiger partial charge in [-0.05, 0) is 37.1 Å². The predicted octanol–water partition coefficient (Wildman–Crippen LogP) is 3.12. The van der Waals surface area contributed by atoms with Crippen LogP contribution in [-0.2, 0) is 6.54 Å². The Kier molecular flexibility index (Phi) is 3.73. The molecule has 1 atom stereocenters. The van der Waals surface area contributed by atoms with E-state index in [0.29, 0.717) is 11.0 Å². The summed E-state index contributed by atoms with van der Waals surface area (Å²) < 4.78 is 40.2. The zero-order valence-electron chi connectivity index (χ0n) is 11.0. The number of aromatic nitrogens is 2. The van der Waals surface area contributed by atoms with Gasteiger partial charge in [0.2, 0.25) is 0 Å². The molecular weight excluding hydrogens is 287 g/mol. The van der Waals surface area contributed by atoms with E-state index in [0.717, 1.165) is 11.1 Å². The second-order valence-electron chi connectivity index (χ2n) is 4.82. The summed E-state index contributed by atoms with van der Waals surface area (Å²) in [5.41, 5.74) is 8.57. The van der Waals surface area contributed by atoms with Crippen molar-refractivity contribution >= 4 is 28.2 Å². The van der Waals surface area contributed by atoms with Gasteiger partial charge in [0.1, 0.15) is 5.92 Å². The molecule has 0 bridgehead atoms. The molecule has 0 radical (unpaired) electrons. The van der Waals surface area contributed by atoms with E-state index in [2.05, 4.69) is 17.2 Å². The second kappa shape index (κ2) is 5.05. The maximum Gasteiger partial charge on any atom is 0.399 e. The lowest BCUT2D eigenvalue weighted by atomic mass is 10.1. The van der Waals surface area contributed by atoms with Gasteiger partial charge in [-0.15, -0.1) is 0 Å². The second-order valence-corrected chi connectivity index (χ2v) is 5.29. The summed E-state index contributed by atoms with van der Waals surface area (Å²) in [6.45, 7) is 3.49. The number of hydrogen-bond acceptors (Lipinski definition) is 2. The molecule has 0 saturated heterocycles. The molecule has 3 nitrogen and oxygen atoms in total. The standard InChI is InChI=1S/C13H14F3N3S/c1-7-3-10-11(4-8(7)2)19(6-18-10)5-9(12(17)20)13(14,15)16/h3-4,6,9H,5H2,1-2H3,(H2,17,20). The molecular formula is C13H14F3N3S. The Labute approximate surface area is 119 Å². The van der Waals surface area contributed by atoms with E-state index >= 15 is 0 Å². The van der Waals surface area contributed by atoms with Gasteiger partial charge >= 0.3 is 6.18 Å². The Morgan fingerprint density at radius 2 is 1.95 bits per heavy atom.